The van der Waals surface area contributed by atoms with E-state index < -0.39 is 4.92 Å². The third-order valence-electron chi connectivity index (χ3n) is 2.91. The lowest BCUT2D eigenvalue weighted by molar-refractivity contribution is -0.384. The molecule has 0 saturated carbocycles. The van der Waals surface area contributed by atoms with E-state index >= 15 is 0 Å². The van der Waals surface area contributed by atoms with Gasteiger partial charge in [0.05, 0.1) is 18.6 Å². The van der Waals surface area contributed by atoms with Gasteiger partial charge in [-0.3, -0.25) is 10.1 Å². The van der Waals surface area contributed by atoms with Gasteiger partial charge in [0.1, 0.15) is 5.75 Å². The molecule has 0 spiro atoms. The Balaban J connectivity index is 2.79. The Bertz CT molecular complexity index is 423. The summed E-state index contributed by atoms with van der Waals surface area (Å²) < 4.78 is 5.18. The van der Waals surface area contributed by atoms with E-state index in [4.69, 9.17) is 4.74 Å². The van der Waals surface area contributed by atoms with E-state index in [2.05, 4.69) is 5.32 Å². The topological polar surface area (TPSA) is 84.6 Å². The van der Waals surface area contributed by atoms with Crippen LogP contribution in [0.15, 0.2) is 18.2 Å². The average molecular weight is 268 g/mol. The minimum Gasteiger partial charge on any atom is -0.496 e. The highest BCUT2D eigenvalue weighted by Crippen LogP contribution is 2.23. The van der Waals surface area contributed by atoms with Gasteiger partial charge in [0.2, 0.25) is 0 Å². The van der Waals surface area contributed by atoms with Crippen LogP contribution in [0.2, 0.25) is 0 Å². The number of aliphatic hydroxyl groups excluding tert-OH is 1. The molecule has 6 nitrogen and oxygen atoms in total. The monoisotopic (exact) mass is 268 g/mol. The minimum absolute atomic E-state index is 0.00558. The van der Waals surface area contributed by atoms with Gasteiger partial charge >= 0.3 is 0 Å². The minimum atomic E-state index is -0.432. The van der Waals surface area contributed by atoms with E-state index in [1.807, 2.05) is 6.92 Å². The molecule has 6 heteroatoms. The Labute approximate surface area is 112 Å². The highest BCUT2D eigenvalue weighted by atomic mass is 16.6. The lowest BCUT2D eigenvalue weighted by Crippen LogP contribution is -2.31. The van der Waals surface area contributed by atoms with Gasteiger partial charge in [0.25, 0.3) is 5.69 Å². The van der Waals surface area contributed by atoms with Crippen molar-refractivity contribution in [1.29, 1.82) is 0 Å². The van der Waals surface area contributed by atoms with Gasteiger partial charge in [0, 0.05) is 30.3 Å². The zero-order chi connectivity index (χ0) is 14.3. The fourth-order valence-corrected chi connectivity index (χ4v) is 1.88. The smallest absolute Gasteiger partial charge is 0.270 e. The van der Waals surface area contributed by atoms with Crippen molar-refractivity contribution in [3.63, 3.8) is 0 Å². The van der Waals surface area contributed by atoms with Crippen LogP contribution >= 0.6 is 0 Å². The first kappa shape index (κ1) is 15.4. The van der Waals surface area contributed by atoms with Crippen molar-refractivity contribution < 1.29 is 14.8 Å². The number of benzene rings is 1. The maximum Gasteiger partial charge on any atom is 0.270 e. The van der Waals surface area contributed by atoms with Crippen LogP contribution < -0.4 is 10.1 Å². The van der Waals surface area contributed by atoms with E-state index in [9.17, 15) is 15.2 Å². The third kappa shape index (κ3) is 4.50. The Kier molecular flexibility index (Phi) is 6.24. The summed E-state index contributed by atoms with van der Waals surface area (Å²) in [6.45, 7) is 2.51. The van der Waals surface area contributed by atoms with Crippen LogP contribution in [-0.4, -0.2) is 29.8 Å². The van der Waals surface area contributed by atoms with Crippen LogP contribution in [0.4, 0.5) is 5.69 Å². The molecule has 1 rings (SSSR count). The molecule has 0 aliphatic rings. The van der Waals surface area contributed by atoms with E-state index in [0.29, 0.717) is 17.9 Å². The number of nitro benzene ring substituents is 1. The van der Waals surface area contributed by atoms with Gasteiger partial charge in [-0.1, -0.05) is 13.3 Å². The summed E-state index contributed by atoms with van der Waals surface area (Å²) in [5.41, 5.74) is 0.750. The Morgan fingerprint density at radius 3 is 2.79 bits per heavy atom. The Morgan fingerprint density at radius 1 is 1.53 bits per heavy atom. The number of non-ortho nitro benzene ring substituents is 1. The number of methoxy groups -OCH3 is 1. The Hall–Kier alpha value is -1.66. The molecule has 106 valence electrons. The summed E-state index contributed by atoms with van der Waals surface area (Å²) >= 11 is 0. The van der Waals surface area contributed by atoms with Crippen LogP contribution in [0, 0.1) is 10.1 Å². The van der Waals surface area contributed by atoms with Crippen LogP contribution in [0.5, 0.6) is 5.75 Å². The van der Waals surface area contributed by atoms with E-state index in [1.54, 1.807) is 6.07 Å². The maximum absolute atomic E-state index is 10.8. The number of hydrogen-bond donors (Lipinski definition) is 2. The molecule has 1 unspecified atom stereocenters. The lowest BCUT2D eigenvalue weighted by atomic mass is 10.1. The largest absolute Gasteiger partial charge is 0.496 e. The third-order valence-corrected chi connectivity index (χ3v) is 2.91. The molecule has 1 atom stereocenters. The van der Waals surface area contributed by atoms with Crippen molar-refractivity contribution in [1.82, 2.24) is 5.32 Å². The molecule has 0 heterocycles. The van der Waals surface area contributed by atoms with Crippen molar-refractivity contribution in [3.05, 3.63) is 33.9 Å². The summed E-state index contributed by atoms with van der Waals surface area (Å²) in [4.78, 5) is 10.3. The van der Waals surface area contributed by atoms with E-state index in [0.717, 1.165) is 12.8 Å². The predicted molar refractivity (Wildman–Crippen MR) is 72.3 cm³/mol. The predicted octanol–water partition coefficient (Wildman–Crippen LogP) is 1.85. The van der Waals surface area contributed by atoms with Crippen LogP contribution in [-0.2, 0) is 6.54 Å². The van der Waals surface area contributed by atoms with Gasteiger partial charge in [-0.2, -0.15) is 0 Å². The first-order chi connectivity index (χ1) is 9.12. The molecule has 1 aromatic rings. The fraction of sp³-hybridized carbons (Fsp3) is 0.538. The van der Waals surface area contributed by atoms with Crippen molar-refractivity contribution in [2.45, 2.75) is 32.4 Å². The molecular formula is C13H20N2O4. The normalized spacial score (nSPS) is 12.2. The second-order valence-electron chi connectivity index (χ2n) is 4.30. The molecule has 0 aromatic heterocycles. The second-order valence-corrected chi connectivity index (χ2v) is 4.30. The van der Waals surface area contributed by atoms with Gasteiger partial charge in [0.15, 0.2) is 0 Å². The molecule has 2 N–H and O–H groups in total. The van der Waals surface area contributed by atoms with Gasteiger partial charge in [-0.05, 0) is 12.5 Å². The van der Waals surface area contributed by atoms with E-state index in [-0.39, 0.29) is 18.3 Å². The van der Waals surface area contributed by atoms with Crippen LogP contribution in [0.1, 0.15) is 25.3 Å². The standard InChI is InChI=1S/C13H20N2O4/c1-3-4-11(9-16)14-8-10-7-12(15(17)18)5-6-13(10)19-2/h5-7,11,14,16H,3-4,8-9H2,1-2H3. The molecule has 0 fully saturated rings. The first-order valence-electron chi connectivity index (χ1n) is 6.27. The molecule has 19 heavy (non-hydrogen) atoms. The number of nitrogens with one attached hydrogen (secondary N) is 1. The van der Waals surface area contributed by atoms with Crippen molar-refractivity contribution in [3.8, 4) is 5.75 Å². The van der Waals surface area contributed by atoms with E-state index in [1.165, 1.54) is 19.2 Å². The van der Waals surface area contributed by atoms with Gasteiger partial charge < -0.3 is 15.2 Å². The molecule has 0 amide bonds. The van der Waals surface area contributed by atoms with Crippen molar-refractivity contribution in [2.24, 2.45) is 0 Å². The molecule has 0 aliphatic heterocycles. The molecular weight excluding hydrogens is 248 g/mol. The Morgan fingerprint density at radius 2 is 2.26 bits per heavy atom. The lowest BCUT2D eigenvalue weighted by Gasteiger charge is -2.16. The molecule has 0 radical (unpaired) electrons. The summed E-state index contributed by atoms with van der Waals surface area (Å²) in [5.74, 6) is 0.603. The summed E-state index contributed by atoms with van der Waals surface area (Å²) in [6.07, 6.45) is 1.82. The SMILES string of the molecule is CCCC(CO)NCc1cc([N+](=O)[O-])ccc1OC. The number of ether oxygens (including phenoxy) is 1. The highest BCUT2D eigenvalue weighted by molar-refractivity contribution is 5.43. The molecule has 1 aromatic carbocycles. The summed E-state index contributed by atoms with van der Waals surface area (Å²) in [7, 11) is 1.53. The first-order valence-corrected chi connectivity index (χ1v) is 6.27. The number of rotatable bonds is 8. The molecule has 0 aliphatic carbocycles. The zero-order valence-corrected chi connectivity index (χ0v) is 11.3. The number of aliphatic hydroxyl groups is 1. The highest BCUT2D eigenvalue weighted by Gasteiger charge is 2.13. The average Bonchev–Trinajstić information content (AvgIpc) is 2.42. The fourth-order valence-electron chi connectivity index (χ4n) is 1.88. The van der Waals surface area contributed by atoms with Crippen LogP contribution in [0.3, 0.4) is 0 Å². The zero-order valence-electron chi connectivity index (χ0n) is 11.3. The summed E-state index contributed by atoms with van der Waals surface area (Å²) in [5, 5.41) is 23.1. The quantitative estimate of drug-likeness (QED) is 0.555. The van der Waals surface area contributed by atoms with Gasteiger partial charge in [-0.25, -0.2) is 0 Å². The van der Waals surface area contributed by atoms with Crippen molar-refractivity contribution in [2.75, 3.05) is 13.7 Å². The molecule has 0 bridgehead atoms. The van der Waals surface area contributed by atoms with Gasteiger partial charge in [-0.15, -0.1) is 0 Å². The summed E-state index contributed by atoms with van der Waals surface area (Å²) in [6, 6.07) is 4.49. The number of nitrogens with zero attached hydrogens (tertiary/aromatic N) is 1. The second kappa shape index (κ2) is 7.70. The maximum atomic E-state index is 10.8. The van der Waals surface area contributed by atoms with Crippen molar-refractivity contribution >= 4 is 5.69 Å². The molecule has 0 saturated heterocycles. The number of nitro groups is 1. The number of hydrogen-bond acceptors (Lipinski definition) is 5. The van der Waals surface area contributed by atoms with Crippen LogP contribution in [0.25, 0.3) is 0 Å².